The number of urea groups is 1. The number of nitrogens with zero attached hydrogens (tertiary/aromatic N) is 2. The van der Waals surface area contributed by atoms with Crippen molar-refractivity contribution in [1.82, 2.24) is 15.1 Å². The summed E-state index contributed by atoms with van der Waals surface area (Å²) in [7, 11) is 0. The van der Waals surface area contributed by atoms with Gasteiger partial charge in [-0.3, -0.25) is 9.69 Å². The molecule has 6 heteroatoms. The Morgan fingerprint density at radius 2 is 2.00 bits per heavy atom. The summed E-state index contributed by atoms with van der Waals surface area (Å²) in [4.78, 5) is 26.5. The van der Waals surface area contributed by atoms with Crippen molar-refractivity contribution in [3.63, 3.8) is 0 Å². The second-order valence-electron chi connectivity index (χ2n) is 5.71. The Hall–Kier alpha value is -1.56. The molecule has 0 atom stereocenters. The molecule has 1 heterocycles. The maximum absolute atomic E-state index is 12.0. The van der Waals surface area contributed by atoms with Crippen molar-refractivity contribution in [1.29, 1.82) is 0 Å². The molecule has 118 valence electrons. The van der Waals surface area contributed by atoms with Crippen LogP contribution in [0.1, 0.15) is 32.1 Å². The van der Waals surface area contributed by atoms with Crippen LogP contribution in [0.2, 0.25) is 0 Å². The Balaban J connectivity index is 1.60. The fourth-order valence-electron chi connectivity index (χ4n) is 2.83. The minimum absolute atomic E-state index is 0.00600. The quantitative estimate of drug-likeness (QED) is 0.724. The molecule has 2 N–H and O–H groups in total. The first kappa shape index (κ1) is 15.8. The van der Waals surface area contributed by atoms with E-state index in [1.807, 2.05) is 4.90 Å². The molecule has 6 nitrogen and oxygen atoms in total. The van der Waals surface area contributed by atoms with E-state index in [-0.39, 0.29) is 12.5 Å². The maximum Gasteiger partial charge on any atom is 0.317 e. The lowest BCUT2D eigenvalue weighted by molar-refractivity contribution is -0.137. The molecule has 21 heavy (non-hydrogen) atoms. The number of rotatable bonds is 6. The van der Waals surface area contributed by atoms with Crippen LogP contribution in [0.3, 0.4) is 0 Å². The van der Waals surface area contributed by atoms with Crippen molar-refractivity contribution in [3.8, 4) is 0 Å². The van der Waals surface area contributed by atoms with E-state index in [1.165, 1.54) is 24.8 Å². The average Bonchev–Trinajstić information content (AvgIpc) is 2.99. The van der Waals surface area contributed by atoms with Gasteiger partial charge in [0.25, 0.3) is 0 Å². The zero-order valence-corrected chi connectivity index (χ0v) is 12.5. The van der Waals surface area contributed by atoms with Gasteiger partial charge in [0.05, 0.1) is 6.42 Å². The lowest BCUT2D eigenvalue weighted by atomic mass is 10.2. The van der Waals surface area contributed by atoms with E-state index in [1.54, 1.807) is 0 Å². The highest BCUT2D eigenvalue weighted by Crippen LogP contribution is 2.19. The molecule has 0 aromatic carbocycles. The van der Waals surface area contributed by atoms with Crippen LogP contribution < -0.4 is 5.32 Å². The summed E-state index contributed by atoms with van der Waals surface area (Å²) in [5.74, 6) is -0.767. The zero-order chi connectivity index (χ0) is 15.1. The molecule has 0 spiro atoms. The van der Waals surface area contributed by atoms with Crippen LogP contribution >= 0.6 is 0 Å². The summed E-state index contributed by atoms with van der Waals surface area (Å²) in [6, 6.07) is 0.00600. The third-order valence-corrected chi connectivity index (χ3v) is 4.16. The number of carbonyl (C=O) groups excluding carboxylic acids is 1. The molecule has 0 aromatic heterocycles. The number of hydrogen-bond donors (Lipinski definition) is 2. The van der Waals surface area contributed by atoms with Crippen LogP contribution in [0.5, 0.6) is 0 Å². The number of aliphatic carboxylic acids is 1. The van der Waals surface area contributed by atoms with Gasteiger partial charge < -0.3 is 15.3 Å². The van der Waals surface area contributed by atoms with E-state index in [0.29, 0.717) is 26.2 Å². The van der Waals surface area contributed by atoms with Gasteiger partial charge in [0.2, 0.25) is 0 Å². The van der Waals surface area contributed by atoms with Gasteiger partial charge >= 0.3 is 12.0 Å². The second-order valence-corrected chi connectivity index (χ2v) is 5.71. The smallest absolute Gasteiger partial charge is 0.317 e. The summed E-state index contributed by atoms with van der Waals surface area (Å²) in [5, 5.41) is 11.6. The second kappa shape index (κ2) is 8.02. The molecule has 0 aromatic rings. The third kappa shape index (κ3) is 5.38. The van der Waals surface area contributed by atoms with Gasteiger partial charge in [-0.15, -0.1) is 0 Å². The molecule has 0 bridgehead atoms. The van der Waals surface area contributed by atoms with E-state index in [9.17, 15) is 9.59 Å². The molecule has 1 aliphatic carbocycles. The van der Waals surface area contributed by atoms with Crippen LogP contribution in [0.4, 0.5) is 4.79 Å². The van der Waals surface area contributed by atoms with Crippen molar-refractivity contribution in [2.45, 2.75) is 32.1 Å². The van der Waals surface area contributed by atoms with E-state index < -0.39 is 5.97 Å². The van der Waals surface area contributed by atoms with Gasteiger partial charge in [0, 0.05) is 39.3 Å². The highest BCUT2D eigenvalue weighted by molar-refractivity contribution is 5.74. The predicted molar refractivity (Wildman–Crippen MR) is 80.2 cm³/mol. The third-order valence-electron chi connectivity index (χ3n) is 4.16. The van der Waals surface area contributed by atoms with Gasteiger partial charge in [-0.1, -0.05) is 11.6 Å². The number of amides is 2. The van der Waals surface area contributed by atoms with Crippen LogP contribution in [0.15, 0.2) is 11.6 Å². The first-order chi connectivity index (χ1) is 10.1. The number of carbonyl (C=O) groups is 2. The summed E-state index contributed by atoms with van der Waals surface area (Å²) >= 11 is 0. The van der Waals surface area contributed by atoms with Crippen molar-refractivity contribution in [2.24, 2.45) is 0 Å². The standard InChI is InChI=1S/C15H25N3O3/c19-14(20)6-8-17-9-11-18(12-10-17)15(21)16-7-5-13-3-1-2-4-13/h3H,1-2,4-12H2,(H,16,21)(H,19,20). The fourth-order valence-corrected chi connectivity index (χ4v) is 2.83. The van der Waals surface area contributed by atoms with Gasteiger partial charge in [0.15, 0.2) is 0 Å². The Labute approximate surface area is 125 Å². The van der Waals surface area contributed by atoms with E-state index in [0.717, 1.165) is 19.5 Å². The Kier molecular flexibility index (Phi) is 6.04. The first-order valence-corrected chi connectivity index (χ1v) is 7.80. The van der Waals surface area contributed by atoms with Gasteiger partial charge in [-0.25, -0.2) is 4.79 Å². The van der Waals surface area contributed by atoms with E-state index in [4.69, 9.17) is 5.11 Å². The van der Waals surface area contributed by atoms with Crippen molar-refractivity contribution < 1.29 is 14.7 Å². The van der Waals surface area contributed by atoms with Crippen LogP contribution in [-0.4, -0.2) is 66.2 Å². The molecule has 2 aliphatic rings. The number of hydrogen-bond acceptors (Lipinski definition) is 3. The zero-order valence-electron chi connectivity index (χ0n) is 12.5. The highest BCUT2D eigenvalue weighted by atomic mass is 16.4. The number of piperazine rings is 1. The lowest BCUT2D eigenvalue weighted by Crippen LogP contribution is -2.52. The Morgan fingerprint density at radius 1 is 1.24 bits per heavy atom. The summed E-state index contributed by atoms with van der Waals surface area (Å²) in [5.41, 5.74) is 1.47. The summed E-state index contributed by atoms with van der Waals surface area (Å²) < 4.78 is 0. The molecule has 2 rings (SSSR count). The number of allylic oxidation sites excluding steroid dienone is 1. The molecule has 2 amide bonds. The Bertz CT molecular complexity index is 401. The van der Waals surface area contributed by atoms with Crippen LogP contribution in [0.25, 0.3) is 0 Å². The van der Waals surface area contributed by atoms with Crippen molar-refractivity contribution >= 4 is 12.0 Å². The molecular formula is C15H25N3O3. The van der Waals surface area contributed by atoms with Gasteiger partial charge in [0.1, 0.15) is 0 Å². The largest absolute Gasteiger partial charge is 0.481 e. The summed E-state index contributed by atoms with van der Waals surface area (Å²) in [6.07, 6.45) is 7.03. The van der Waals surface area contributed by atoms with Crippen molar-refractivity contribution in [2.75, 3.05) is 39.3 Å². The molecule has 1 saturated heterocycles. The highest BCUT2D eigenvalue weighted by Gasteiger charge is 2.21. The number of carboxylic acid groups (broad SMARTS) is 1. The molecule has 0 radical (unpaired) electrons. The number of carboxylic acids is 1. The first-order valence-electron chi connectivity index (χ1n) is 7.80. The molecule has 0 unspecified atom stereocenters. The predicted octanol–water partition coefficient (Wildman–Crippen LogP) is 1.29. The minimum atomic E-state index is -0.767. The molecule has 1 fully saturated rings. The lowest BCUT2D eigenvalue weighted by Gasteiger charge is -2.34. The average molecular weight is 295 g/mol. The number of nitrogens with one attached hydrogen (secondary N) is 1. The summed E-state index contributed by atoms with van der Waals surface area (Å²) in [6.45, 7) is 4.14. The molecular weight excluding hydrogens is 270 g/mol. The van der Waals surface area contributed by atoms with Crippen LogP contribution in [-0.2, 0) is 4.79 Å². The monoisotopic (exact) mass is 295 g/mol. The van der Waals surface area contributed by atoms with E-state index >= 15 is 0 Å². The molecule has 0 saturated carbocycles. The minimum Gasteiger partial charge on any atom is -0.481 e. The van der Waals surface area contributed by atoms with Crippen molar-refractivity contribution in [3.05, 3.63) is 11.6 Å². The van der Waals surface area contributed by atoms with E-state index in [2.05, 4.69) is 16.3 Å². The normalized spacial score (nSPS) is 19.4. The SMILES string of the molecule is O=C(O)CCN1CCN(C(=O)NCCC2=CCCC2)CC1. The van der Waals surface area contributed by atoms with Gasteiger partial charge in [-0.05, 0) is 25.7 Å². The van der Waals surface area contributed by atoms with Crippen LogP contribution in [0, 0.1) is 0 Å². The Morgan fingerprint density at radius 3 is 2.62 bits per heavy atom. The fraction of sp³-hybridized carbons (Fsp3) is 0.733. The topological polar surface area (TPSA) is 72.9 Å². The molecule has 1 aliphatic heterocycles. The maximum atomic E-state index is 12.0. The van der Waals surface area contributed by atoms with Gasteiger partial charge in [-0.2, -0.15) is 0 Å².